The molecule has 4 rings (SSSR count). The van der Waals surface area contributed by atoms with Crippen molar-refractivity contribution in [3.63, 3.8) is 0 Å². The molecule has 6 heteroatoms. The van der Waals surface area contributed by atoms with Crippen LogP contribution in [0.1, 0.15) is 30.4 Å². The molecule has 1 saturated heterocycles. The van der Waals surface area contributed by atoms with Crippen molar-refractivity contribution in [3.8, 4) is 5.75 Å². The molecule has 2 aromatic rings. The second kappa shape index (κ2) is 8.67. The quantitative estimate of drug-likeness (QED) is 0.592. The highest BCUT2D eigenvalue weighted by Crippen LogP contribution is 2.30. The van der Waals surface area contributed by atoms with E-state index in [1.807, 2.05) is 31.0 Å². The molecule has 1 saturated carbocycles. The molecule has 0 bridgehead atoms. The predicted molar refractivity (Wildman–Crippen MR) is 111 cm³/mol. The van der Waals surface area contributed by atoms with Crippen LogP contribution in [0, 0.1) is 11.8 Å². The molecule has 1 aromatic heterocycles. The third-order valence-electron chi connectivity index (χ3n) is 5.66. The van der Waals surface area contributed by atoms with Gasteiger partial charge >= 0.3 is 0 Å². The maximum Gasteiger partial charge on any atom is 0.193 e. The molecule has 1 N–H and O–H groups in total. The van der Waals surface area contributed by atoms with Crippen LogP contribution in [-0.2, 0) is 20.0 Å². The Morgan fingerprint density at radius 2 is 2.11 bits per heavy atom. The summed E-state index contributed by atoms with van der Waals surface area (Å²) < 4.78 is 7.92. The fourth-order valence-corrected chi connectivity index (χ4v) is 3.89. The van der Waals surface area contributed by atoms with E-state index in [1.54, 1.807) is 0 Å². The van der Waals surface area contributed by atoms with Crippen LogP contribution in [-0.4, -0.2) is 47.4 Å². The number of para-hydroxylation sites is 1. The lowest BCUT2D eigenvalue weighted by Gasteiger charge is -2.22. The minimum atomic E-state index is 0.650. The van der Waals surface area contributed by atoms with Gasteiger partial charge in [-0.1, -0.05) is 18.2 Å². The Morgan fingerprint density at radius 3 is 2.86 bits per heavy atom. The lowest BCUT2D eigenvalue weighted by Crippen LogP contribution is -2.39. The molecule has 0 amide bonds. The molecule has 150 valence electrons. The normalized spacial score (nSPS) is 19.9. The number of rotatable bonds is 7. The first kappa shape index (κ1) is 18.8. The minimum Gasteiger partial charge on any atom is -0.493 e. The van der Waals surface area contributed by atoms with Crippen molar-refractivity contribution in [2.75, 3.05) is 26.7 Å². The summed E-state index contributed by atoms with van der Waals surface area (Å²) in [7, 11) is 3.84. The lowest BCUT2D eigenvalue weighted by molar-refractivity contribution is 0.296. The van der Waals surface area contributed by atoms with Gasteiger partial charge in [0.15, 0.2) is 5.96 Å². The summed E-state index contributed by atoms with van der Waals surface area (Å²) in [5.41, 5.74) is 2.51. The van der Waals surface area contributed by atoms with Crippen molar-refractivity contribution in [1.29, 1.82) is 0 Å². The number of ether oxygens (including phenoxy) is 1. The van der Waals surface area contributed by atoms with Crippen LogP contribution in [0.15, 0.2) is 41.7 Å². The van der Waals surface area contributed by atoms with E-state index < -0.39 is 0 Å². The number of aliphatic imine (C=N–C) groups is 1. The maximum absolute atomic E-state index is 6.04. The number of guanidine groups is 1. The van der Waals surface area contributed by atoms with Crippen LogP contribution in [0.4, 0.5) is 0 Å². The Labute approximate surface area is 167 Å². The number of aryl methyl sites for hydroxylation is 1. The van der Waals surface area contributed by atoms with Crippen LogP contribution in [0.2, 0.25) is 0 Å². The van der Waals surface area contributed by atoms with Crippen molar-refractivity contribution in [2.45, 2.75) is 32.2 Å². The second-order valence-corrected chi connectivity index (χ2v) is 8.09. The van der Waals surface area contributed by atoms with E-state index in [2.05, 4.69) is 44.7 Å². The summed E-state index contributed by atoms with van der Waals surface area (Å²) in [6.07, 6.45) is 8.99. The van der Waals surface area contributed by atoms with E-state index in [9.17, 15) is 0 Å². The van der Waals surface area contributed by atoms with Gasteiger partial charge < -0.3 is 15.0 Å². The summed E-state index contributed by atoms with van der Waals surface area (Å²) >= 11 is 0. The number of nitrogens with zero attached hydrogens (tertiary/aromatic N) is 4. The van der Waals surface area contributed by atoms with E-state index in [0.717, 1.165) is 50.3 Å². The van der Waals surface area contributed by atoms with Crippen molar-refractivity contribution in [2.24, 2.45) is 23.9 Å². The summed E-state index contributed by atoms with van der Waals surface area (Å²) in [5, 5.41) is 7.82. The number of hydrogen-bond acceptors (Lipinski definition) is 3. The second-order valence-electron chi connectivity index (χ2n) is 8.09. The standard InChI is InChI=1S/C22H31N5O/c1-23-22(27-10-9-18(15-27)11-19-12-25-26(2)14-19)24-13-20-5-3-4-6-21(20)28-16-17-7-8-17/h3-6,12,14,17-18H,7-11,13,15-16H2,1-2H3,(H,23,24). The minimum absolute atomic E-state index is 0.650. The summed E-state index contributed by atoms with van der Waals surface area (Å²) in [6, 6.07) is 8.33. The van der Waals surface area contributed by atoms with Crippen molar-refractivity contribution in [3.05, 3.63) is 47.8 Å². The predicted octanol–water partition coefficient (Wildman–Crippen LogP) is 2.85. The molecule has 1 aromatic carbocycles. The topological polar surface area (TPSA) is 54.7 Å². The molecule has 1 aliphatic carbocycles. The van der Waals surface area contributed by atoms with Gasteiger partial charge in [-0.15, -0.1) is 0 Å². The van der Waals surface area contributed by atoms with E-state index in [1.165, 1.54) is 30.4 Å². The molecule has 2 heterocycles. The zero-order chi connectivity index (χ0) is 19.3. The molecule has 0 radical (unpaired) electrons. The van der Waals surface area contributed by atoms with Crippen molar-refractivity contribution >= 4 is 5.96 Å². The van der Waals surface area contributed by atoms with Gasteiger partial charge in [-0.2, -0.15) is 5.10 Å². The van der Waals surface area contributed by atoms with Crippen molar-refractivity contribution < 1.29 is 4.74 Å². The summed E-state index contributed by atoms with van der Waals surface area (Å²) in [4.78, 5) is 6.89. The monoisotopic (exact) mass is 381 g/mol. The van der Waals surface area contributed by atoms with Gasteiger partial charge in [0.2, 0.25) is 0 Å². The number of likely N-dealkylation sites (tertiary alicyclic amines) is 1. The average Bonchev–Trinajstić information content (AvgIpc) is 3.28. The maximum atomic E-state index is 6.04. The van der Waals surface area contributed by atoms with Gasteiger partial charge in [-0.05, 0) is 49.1 Å². The van der Waals surface area contributed by atoms with Crippen LogP contribution in [0.3, 0.4) is 0 Å². The fourth-order valence-electron chi connectivity index (χ4n) is 3.89. The van der Waals surface area contributed by atoms with Crippen LogP contribution in [0.5, 0.6) is 5.75 Å². The zero-order valence-electron chi connectivity index (χ0n) is 17.0. The van der Waals surface area contributed by atoms with Gasteiger partial charge in [0.1, 0.15) is 5.75 Å². The Kier molecular flexibility index (Phi) is 5.84. The highest BCUT2D eigenvalue weighted by atomic mass is 16.5. The summed E-state index contributed by atoms with van der Waals surface area (Å²) in [5.74, 6) is 3.38. The number of hydrogen-bond donors (Lipinski definition) is 1. The SMILES string of the molecule is CN=C(NCc1ccccc1OCC1CC1)N1CCC(Cc2cnn(C)c2)C1. The molecule has 1 aliphatic heterocycles. The first-order valence-electron chi connectivity index (χ1n) is 10.3. The Hall–Kier alpha value is -2.50. The smallest absolute Gasteiger partial charge is 0.193 e. The summed E-state index contributed by atoms with van der Waals surface area (Å²) in [6.45, 7) is 3.66. The Bertz CT molecular complexity index is 811. The Balaban J connectivity index is 1.30. The molecule has 28 heavy (non-hydrogen) atoms. The Morgan fingerprint density at radius 1 is 1.25 bits per heavy atom. The molecule has 2 aliphatic rings. The van der Waals surface area contributed by atoms with Gasteiger partial charge in [0, 0.05) is 45.5 Å². The van der Waals surface area contributed by atoms with E-state index in [4.69, 9.17) is 4.74 Å². The average molecular weight is 382 g/mol. The highest BCUT2D eigenvalue weighted by Gasteiger charge is 2.26. The molecular formula is C22H31N5O. The first-order valence-corrected chi connectivity index (χ1v) is 10.3. The largest absolute Gasteiger partial charge is 0.493 e. The number of benzene rings is 1. The zero-order valence-corrected chi connectivity index (χ0v) is 17.0. The fraction of sp³-hybridized carbons (Fsp3) is 0.545. The lowest BCUT2D eigenvalue weighted by atomic mass is 10.0. The van der Waals surface area contributed by atoms with E-state index in [-0.39, 0.29) is 0 Å². The molecule has 1 atom stereocenters. The third kappa shape index (κ3) is 4.86. The van der Waals surface area contributed by atoms with E-state index >= 15 is 0 Å². The van der Waals surface area contributed by atoms with Crippen molar-refractivity contribution in [1.82, 2.24) is 20.0 Å². The van der Waals surface area contributed by atoms with Crippen LogP contribution < -0.4 is 10.1 Å². The van der Waals surface area contributed by atoms with E-state index in [0.29, 0.717) is 5.92 Å². The molecular weight excluding hydrogens is 350 g/mol. The van der Waals surface area contributed by atoms with Gasteiger partial charge in [-0.25, -0.2) is 0 Å². The molecule has 1 unspecified atom stereocenters. The molecule has 0 spiro atoms. The van der Waals surface area contributed by atoms with Crippen LogP contribution >= 0.6 is 0 Å². The molecule has 6 nitrogen and oxygen atoms in total. The first-order chi connectivity index (χ1) is 13.7. The highest BCUT2D eigenvalue weighted by molar-refractivity contribution is 5.80. The number of nitrogens with one attached hydrogen (secondary N) is 1. The van der Waals surface area contributed by atoms with Gasteiger partial charge in [0.05, 0.1) is 12.8 Å². The van der Waals surface area contributed by atoms with Gasteiger partial charge in [0.25, 0.3) is 0 Å². The third-order valence-corrected chi connectivity index (χ3v) is 5.66. The number of aromatic nitrogens is 2. The molecule has 2 fully saturated rings. The van der Waals surface area contributed by atoms with Crippen LogP contribution in [0.25, 0.3) is 0 Å². The van der Waals surface area contributed by atoms with Gasteiger partial charge in [-0.3, -0.25) is 9.67 Å².